The van der Waals surface area contributed by atoms with Crippen molar-refractivity contribution >= 4 is 5.96 Å². The molecular formula is C18H38N4O2. The Morgan fingerprint density at radius 1 is 1.21 bits per heavy atom. The minimum atomic E-state index is 0.145. The van der Waals surface area contributed by atoms with Crippen LogP contribution in [-0.4, -0.2) is 75.5 Å². The van der Waals surface area contributed by atoms with Crippen molar-refractivity contribution in [1.29, 1.82) is 0 Å². The lowest BCUT2D eigenvalue weighted by molar-refractivity contribution is 0.00990. The lowest BCUT2D eigenvalue weighted by Crippen LogP contribution is -2.47. The highest BCUT2D eigenvalue weighted by Gasteiger charge is 2.21. The lowest BCUT2D eigenvalue weighted by atomic mass is 10.1. The summed E-state index contributed by atoms with van der Waals surface area (Å²) in [6.07, 6.45) is 3.49. The molecule has 1 heterocycles. The first-order valence-corrected chi connectivity index (χ1v) is 9.35. The highest BCUT2D eigenvalue weighted by Crippen LogP contribution is 2.14. The van der Waals surface area contributed by atoms with Crippen LogP contribution in [0.5, 0.6) is 0 Å². The van der Waals surface area contributed by atoms with E-state index in [0.29, 0.717) is 6.10 Å². The number of likely N-dealkylation sites (tertiary alicyclic amines) is 1. The monoisotopic (exact) mass is 342 g/mol. The van der Waals surface area contributed by atoms with E-state index in [1.807, 2.05) is 0 Å². The second-order valence-electron chi connectivity index (χ2n) is 7.32. The van der Waals surface area contributed by atoms with Crippen molar-refractivity contribution in [3.63, 3.8) is 0 Å². The summed E-state index contributed by atoms with van der Waals surface area (Å²) in [6, 6.07) is 0. The molecule has 1 fully saturated rings. The summed E-state index contributed by atoms with van der Waals surface area (Å²) >= 11 is 0. The Morgan fingerprint density at radius 3 is 2.50 bits per heavy atom. The van der Waals surface area contributed by atoms with Crippen LogP contribution in [0, 0.1) is 0 Å². The van der Waals surface area contributed by atoms with Gasteiger partial charge in [0.25, 0.3) is 0 Å². The zero-order valence-corrected chi connectivity index (χ0v) is 16.4. The lowest BCUT2D eigenvalue weighted by Gasteiger charge is -2.34. The van der Waals surface area contributed by atoms with Gasteiger partial charge in [-0.15, -0.1) is 0 Å². The molecule has 0 unspecified atom stereocenters. The molecular weight excluding hydrogens is 304 g/mol. The highest BCUT2D eigenvalue weighted by atomic mass is 16.5. The Labute approximate surface area is 148 Å². The first-order valence-electron chi connectivity index (χ1n) is 9.35. The van der Waals surface area contributed by atoms with Gasteiger partial charge in [0.1, 0.15) is 0 Å². The third kappa shape index (κ3) is 9.45. The Bertz CT molecular complexity index is 347. The molecule has 0 bridgehead atoms. The molecule has 6 nitrogen and oxygen atoms in total. The molecule has 142 valence electrons. The van der Waals surface area contributed by atoms with Gasteiger partial charge in [-0.05, 0) is 47.0 Å². The molecule has 0 radical (unpaired) electrons. The van der Waals surface area contributed by atoms with Crippen molar-refractivity contribution in [3.8, 4) is 0 Å². The summed E-state index contributed by atoms with van der Waals surface area (Å²) in [4.78, 5) is 7.12. The third-order valence-electron chi connectivity index (χ3n) is 3.95. The maximum absolute atomic E-state index is 5.93. The fourth-order valence-corrected chi connectivity index (χ4v) is 2.71. The molecule has 1 aliphatic rings. The fraction of sp³-hybridized carbons (Fsp3) is 0.944. The van der Waals surface area contributed by atoms with E-state index in [4.69, 9.17) is 14.5 Å². The second-order valence-corrected chi connectivity index (χ2v) is 7.32. The van der Waals surface area contributed by atoms with Crippen LogP contribution in [0.2, 0.25) is 0 Å². The van der Waals surface area contributed by atoms with Gasteiger partial charge in [-0.3, -0.25) is 4.99 Å². The van der Waals surface area contributed by atoms with Crippen molar-refractivity contribution in [2.75, 3.05) is 53.0 Å². The van der Waals surface area contributed by atoms with Crippen LogP contribution in [0.15, 0.2) is 4.99 Å². The fourth-order valence-electron chi connectivity index (χ4n) is 2.71. The van der Waals surface area contributed by atoms with Crippen LogP contribution in [0.25, 0.3) is 0 Å². The van der Waals surface area contributed by atoms with Crippen LogP contribution >= 0.6 is 0 Å². The molecule has 6 heteroatoms. The molecule has 2 N–H and O–H groups in total. The number of rotatable bonds is 9. The van der Waals surface area contributed by atoms with Gasteiger partial charge in [0, 0.05) is 52.0 Å². The van der Waals surface area contributed by atoms with Gasteiger partial charge in [-0.1, -0.05) is 0 Å². The summed E-state index contributed by atoms with van der Waals surface area (Å²) in [5, 5.41) is 6.89. The summed E-state index contributed by atoms with van der Waals surface area (Å²) in [6.45, 7) is 14.8. The maximum Gasteiger partial charge on any atom is 0.193 e. The number of nitrogens with one attached hydrogen (secondary N) is 2. The summed E-state index contributed by atoms with van der Waals surface area (Å²) in [5.74, 6) is 1.03. The molecule has 0 atom stereocenters. The quantitative estimate of drug-likeness (QED) is 0.380. The van der Waals surface area contributed by atoms with E-state index in [-0.39, 0.29) is 5.54 Å². The van der Waals surface area contributed by atoms with Gasteiger partial charge < -0.3 is 25.0 Å². The van der Waals surface area contributed by atoms with E-state index in [9.17, 15) is 0 Å². The normalized spacial score (nSPS) is 17.4. The molecule has 1 saturated heterocycles. The van der Waals surface area contributed by atoms with Gasteiger partial charge in [-0.25, -0.2) is 0 Å². The van der Waals surface area contributed by atoms with E-state index in [1.54, 1.807) is 7.11 Å². The number of aliphatic imine (C=N–C) groups is 1. The smallest absolute Gasteiger partial charge is 0.193 e. The molecule has 1 rings (SSSR count). The minimum absolute atomic E-state index is 0.145. The topological polar surface area (TPSA) is 58.1 Å². The van der Waals surface area contributed by atoms with Crippen molar-refractivity contribution < 1.29 is 9.47 Å². The summed E-state index contributed by atoms with van der Waals surface area (Å²) in [7, 11) is 1.73. The van der Waals surface area contributed by atoms with Crippen molar-refractivity contribution in [3.05, 3.63) is 0 Å². The molecule has 24 heavy (non-hydrogen) atoms. The van der Waals surface area contributed by atoms with Crippen molar-refractivity contribution in [2.24, 2.45) is 4.99 Å². The highest BCUT2D eigenvalue weighted by molar-refractivity contribution is 5.80. The predicted octanol–water partition coefficient (Wildman–Crippen LogP) is 1.86. The van der Waals surface area contributed by atoms with Crippen LogP contribution in [0.1, 0.15) is 47.0 Å². The van der Waals surface area contributed by atoms with E-state index < -0.39 is 0 Å². The number of nitrogens with zero attached hydrogens (tertiary/aromatic N) is 2. The van der Waals surface area contributed by atoms with Gasteiger partial charge in [-0.2, -0.15) is 0 Å². The van der Waals surface area contributed by atoms with Crippen LogP contribution in [0.4, 0.5) is 0 Å². The van der Waals surface area contributed by atoms with Gasteiger partial charge in [0.05, 0.1) is 12.6 Å². The second kappa shape index (κ2) is 11.7. The average molecular weight is 343 g/mol. The number of hydrogen-bond acceptors (Lipinski definition) is 4. The third-order valence-corrected chi connectivity index (χ3v) is 3.95. The Balaban J connectivity index is 2.33. The molecule has 0 aromatic rings. The van der Waals surface area contributed by atoms with Crippen LogP contribution < -0.4 is 10.6 Å². The molecule has 0 spiro atoms. The van der Waals surface area contributed by atoms with Crippen LogP contribution in [-0.2, 0) is 9.47 Å². The first kappa shape index (κ1) is 21.2. The molecule has 0 amide bonds. The Morgan fingerprint density at radius 2 is 1.92 bits per heavy atom. The molecule has 0 aromatic heterocycles. The number of piperidine rings is 1. The summed E-state index contributed by atoms with van der Waals surface area (Å²) < 4.78 is 11.0. The number of hydrogen-bond donors (Lipinski definition) is 2. The van der Waals surface area contributed by atoms with E-state index >= 15 is 0 Å². The van der Waals surface area contributed by atoms with E-state index in [2.05, 4.69) is 43.2 Å². The minimum Gasteiger partial charge on any atom is -0.385 e. The number of guanidine groups is 1. The number of methoxy groups -OCH3 is 1. The largest absolute Gasteiger partial charge is 0.385 e. The van der Waals surface area contributed by atoms with Gasteiger partial charge in [0.15, 0.2) is 5.96 Å². The predicted molar refractivity (Wildman–Crippen MR) is 101 cm³/mol. The zero-order valence-electron chi connectivity index (χ0n) is 16.4. The molecule has 0 aromatic carbocycles. The van der Waals surface area contributed by atoms with Gasteiger partial charge >= 0.3 is 0 Å². The van der Waals surface area contributed by atoms with Crippen LogP contribution in [0.3, 0.4) is 0 Å². The molecule has 0 saturated carbocycles. The maximum atomic E-state index is 5.93. The average Bonchev–Trinajstić information content (AvgIpc) is 2.54. The molecule has 1 aliphatic heterocycles. The summed E-state index contributed by atoms with van der Waals surface area (Å²) in [5.41, 5.74) is 0.145. The van der Waals surface area contributed by atoms with Crippen molar-refractivity contribution in [1.82, 2.24) is 15.5 Å². The van der Waals surface area contributed by atoms with Crippen molar-refractivity contribution in [2.45, 2.75) is 58.6 Å². The van der Waals surface area contributed by atoms with Gasteiger partial charge in [0.2, 0.25) is 0 Å². The standard InChI is InChI=1S/C18H38N4O2/c1-6-19-17(20-10-11-21-18(2,3)4)22-12-8-16(9-13-22)24-15-7-14-23-5/h16,21H,6-15H2,1-5H3,(H,19,20). The first-order chi connectivity index (χ1) is 11.5. The Kier molecular flexibility index (Phi) is 10.3. The Hall–Kier alpha value is -0.850. The van der Waals surface area contributed by atoms with E-state index in [0.717, 1.165) is 71.2 Å². The molecule has 0 aliphatic carbocycles. The van der Waals surface area contributed by atoms with E-state index in [1.165, 1.54) is 0 Å². The SMILES string of the molecule is CCNC(=NCCNC(C)(C)C)N1CCC(OCCCOC)CC1. The zero-order chi connectivity index (χ0) is 17.8. The number of ether oxygens (including phenoxy) is 2.